The number of hydrogen-bond donors (Lipinski definition) is 1. The zero-order valence-corrected chi connectivity index (χ0v) is 13.8. The van der Waals surface area contributed by atoms with Crippen LogP contribution in [0.5, 0.6) is 5.75 Å². The first-order chi connectivity index (χ1) is 8.68. The highest BCUT2D eigenvalue weighted by molar-refractivity contribution is 5.54. The molecular weight excluding hydrogens is 232 g/mol. The van der Waals surface area contributed by atoms with Crippen molar-refractivity contribution in [3.05, 3.63) is 28.3 Å². The Morgan fingerprint density at radius 2 is 1.05 bits per heavy atom. The van der Waals surface area contributed by atoms with Crippen LogP contribution in [-0.4, -0.2) is 5.11 Å². The van der Waals surface area contributed by atoms with Crippen LogP contribution in [0.15, 0.2) is 6.07 Å². The molecule has 0 aliphatic rings. The van der Waals surface area contributed by atoms with Gasteiger partial charge in [0.15, 0.2) is 0 Å². The maximum atomic E-state index is 10.4. The second kappa shape index (κ2) is 5.98. The van der Waals surface area contributed by atoms with Crippen molar-refractivity contribution in [1.29, 1.82) is 0 Å². The van der Waals surface area contributed by atoms with E-state index >= 15 is 0 Å². The predicted octanol–water partition coefficient (Wildman–Crippen LogP) is 5.89. The minimum Gasteiger partial charge on any atom is -0.508 e. The molecule has 1 heteroatoms. The standard InChI is InChI=1S/C18H30O/c1-10(2)14-9-15(19)17(12(5)6)18(13(7)8)16(14)11(3)4/h9-13,19H,1-8H3. The van der Waals surface area contributed by atoms with Crippen molar-refractivity contribution in [2.45, 2.75) is 79.1 Å². The van der Waals surface area contributed by atoms with Crippen molar-refractivity contribution in [1.82, 2.24) is 0 Å². The molecule has 108 valence electrons. The molecule has 0 unspecified atom stereocenters. The third-order valence-corrected chi connectivity index (χ3v) is 3.81. The minimum absolute atomic E-state index is 0.358. The van der Waals surface area contributed by atoms with Crippen molar-refractivity contribution >= 4 is 0 Å². The molecule has 1 N–H and O–H groups in total. The van der Waals surface area contributed by atoms with Crippen LogP contribution in [0.3, 0.4) is 0 Å². The van der Waals surface area contributed by atoms with E-state index in [1.165, 1.54) is 16.7 Å². The Hall–Kier alpha value is -0.980. The minimum atomic E-state index is 0.358. The van der Waals surface area contributed by atoms with Crippen LogP contribution in [0, 0.1) is 0 Å². The molecule has 1 aromatic rings. The summed E-state index contributed by atoms with van der Waals surface area (Å²) in [6, 6.07) is 2.00. The molecule has 0 saturated carbocycles. The van der Waals surface area contributed by atoms with Crippen LogP contribution in [-0.2, 0) is 0 Å². The van der Waals surface area contributed by atoms with Crippen molar-refractivity contribution in [3.63, 3.8) is 0 Å². The Morgan fingerprint density at radius 3 is 1.37 bits per heavy atom. The number of rotatable bonds is 4. The lowest BCUT2D eigenvalue weighted by atomic mass is 9.78. The van der Waals surface area contributed by atoms with E-state index < -0.39 is 0 Å². The summed E-state index contributed by atoms with van der Waals surface area (Å²) in [4.78, 5) is 0. The van der Waals surface area contributed by atoms with Gasteiger partial charge in [0.25, 0.3) is 0 Å². The highest BCUT2D eigenvalue weighted by Crippen LogP contribution is 2.42. The van der Waals surface area contributed by atoms with Gasteiger partial charge in [0.1, 0.15) is 5.75 Å². The van der Waals surface area contributed by atoms with Gasteiger partial charge < -0.3 is 5.11 Å². The Labute approximate surface area is 119 Å². The van der Waals surface area contributed by atoms with Crippen LogP contribution < -0.4 is 0 Å². The van der Waals surface area contributed by atoms with E-state index in [1.807, 2.05) is 6.07 Å². The maximum Gasteiger partial charge on any atom is 0.119 e. The quantitative estimate of drug-likeness (QED) is 0.717. The van der Waals surface area contributed by atoms with E-state index in [1.54, 1.807) is 0 Å². The molecule has 1 nitrogen and oxygen atoms in total. The lowest BCUT2D eigenvalue weighted by Gasteiger charge is -2.28. The molecule has 0 radical (unpaired) electrons. The largest absolute Gasteiger partial charge is 0.508 e. The lowest BCUT2D eigenvalue weighted by molar-refractivity contribution is 0.460. The number of phenolic OH excluding ortho intramolecular Hbond substituents is 1. The normalized spacial score (nSPS) is 12.2. The van der Waals surface area contributed by atoms with E-state index in [9.17, 15) is 5.11 Å². The Bertz CT molecular complexity index is 439. The van der Waals surface area contributed by atoms with Gasteiger partial charge in [-0.1, -0.05) is 55.4 Å². The average molecular weight is 262 g/mol. The van der Waals surface area contributed by atoms with E-state index in [4.69, 9.17) is 0 Å². The molecule has 0 aliphatic carbocycles. The van der Waals surface area contributed by atoms with Gasteiger partial charge in [0.2, 0.25) is 0 Å². The van der Waals surface area contributed by atoms with Crippen LogP contribution in [0.25, 0.3) is 0 Å². The monoisotopic (exact) mass is 262 g/mol. The maximum absolute atomic E-state index is 10.4. The smallest absolute Gasteiger partial charge is 0.119 e. The molecule has 0 aromatic heterocycles. The first kappa shape index (κ1) is 16.1. The van der Waals surface area contributed by atoms with Gasteiger partial charge in [-0.25, -0.2) is 0 Å². The first-order valence-corrected chi connectivity index (χ1v) is 7.57. The number of benzene rings is 1. The second-order valence-corrected chi connectivity index (χ2v) is 6.84. The summed E-state index contributed by atoms with van der Waals surface area (Å²) in [7, 11) is 0. The molecule has 1 aromatic carbocycles. The fraction of sp³-hybridized carbons (Fsp3) is 0.667. The van der Waals surface area contributed by atoms with E-state index in [0.29, 0.717) is 29.4 Å². The van der Waals surface area contributed by atoms with Crippen LogP contribution >= 0.6 is 0 Å². The van der Waals surface area contributed by atoms with Gasteiger partial charge in [-0.15, -0.1) is 0 Å². The molecule has 1 rings (SSSR count). The van der Waals surface area contributed by atoms with Gasteiger partial charge in [-0.3, -0.25) is 0 Å². The molecule has 0 saturated heterocycles. The Balaban J connectivity index is 3.76. The van der Waals surface area contributed by atoms with Crippen LogP contribution in [0.2, 0.25) is 0 Å². The summed E-state index contributed by atoms with van der Waals surface area (Å²) in [6.45, 7) is 17.7. The second-order valence-electron chi connectivity index (χ2n) is 6.84. The first-order valence-electron chi connectivity index (χ1n) is 7.57. The molecule has 0 heterocycles. The highest BCUT2D eigenvalue weighted by atomic mass is 16.3. The molecular formula is C18H30O. The van der Waals surface area contributed by atoms with Crippen LogP contribution in [0.4, 0.5) is 0 Å². The van der Waals surface area contributed by atoms with E-state index in [-0.39, 0.29) is 0 Å². The molecule has 19 heavy (non-hydrogen) atoms. The fourth-order valence-corrected chi connectivity index (χ4v) is 3.09. The van der Waals surface area contributed by atoms with Crippen molar-refractivity contribution in [3.8, 4) is 5.75 Å². The van der Waals surface area contributed by atoms with Gasteiger partial charge in [-0.2, -0.15) is 0 Å². The molecule has 0 fully saturated rings. The predicted molar refractivity (Wildman–Crippen MR) is 84.5 cm³/mol. The fourth-order valence-electron chi connectivity index (χ4n) is 3.09. The van der Waals surface area contributed by atoms with Crippen molar-refractivity contribution in [2.24, 2.45) is 0 Å². The highest BCUT2D eigenvalue weighted by Gasteiger charge is 2.24. The van der Waals surface area contributed by atoms with Gasteiger partial charge in [-0.05, 0) is 46.4 Å². The summed E-state index contributed by atoms with van der Waals surface area (Å²) in [5.41, 5.74) is 5.27. The lowest BCUT2D eigenvalue weighted by Crippen LogP contribution is -2.10. The Kier molecular flexibility index (Phi) is 5.06. The third kappa shape index (κ3) is 3.13. The van der Waals surface area contributed by atoms with Crippen molar-refractivity contribution in [2.75, 3.05) is 0 Å². The molecule has 0 atom stereocenters. The average Bonchev–Trinajstić information content (AvgIpc) is 2.25. The molecule has 0 bridgehead atoms. The summed E-state index contributed by atoms with van der Waals surface area (Å²) < 4.78 is 0. The summed E-state index contributed by atoms with van der Waals surface area (Å²) in [6.07, 6.45) is 0. The van der Waals surface area contributed by atoms with Gasteiger partial charge >= 0.3 is 0 Å². The number of hydrogen-bond acceptors (Lipinski definition) is 1. The van der Waals surface area contributed by atoms with Crippen molar-refractivity contribution < 1.29 is 5.11 Å². The molecule has 0 aliphatic heterocycles. The summed E-state index contributed by atoms with van der Waals surface area (Å²) >= 11 is 0. The zero-order chi connectivity index (χ0) is 14.9. The molecule has 0 spiro atoms. The third-order valence-electron chi connectivity index (χ3n) is 3.81. The van der Waals surface area contributed by atoms with E-state index in [0.717, 1.165) is 5.56 Å². The van der Waals surface area contributed by atoms with Gasteiger partial charge in [0.05, 0.1) is 0 Å². The summed E-state index contributed by atoms with van der Waals surface area (Å²) in [5.74, 6) is 2.22. The summed E-state index contributed by atoms with van der Waals surface area (Å²) in [5, 5.41) is 10.4. The van der Waals surface area contributed by atoms with Crippen LogP contribution in [0.1, 0.15) is 101 Å². The Morgan fingerprint density at radius 1 is 0.632 bits per heavy atom. The number of aromatic hydroxyl groups is 1. The SMILES string of the molecule is CC(C)c1cc(O)c(C(C)C)c(C(C)C)c1C(C)C. The van der Waals surface area contributed by atoms with Gasteiger partial charge in [0, 0.05) is 5.56 Å². The zero-order valence-electron chi connectivity index (χ0n) is 13.8. The molecule has 0 amide bonds. The number of phenols is 1. The van der Waals surface area contributed by atoms with E-state index in [2.05, 4.69) is 55.4 Å². The topological polar surface area (TPSA) is 20.2 Å².